The minimum absolute atomic E-state index is 0.229. The highest BCUT2D eigenvalue weighted by molar-refractivity contribution is 7.10. The van der Waals surface area contributed by atoms with Gasteiger partial charge in [0.1, 0.15) is 0 Å². The fraction of sp³-hybridized carbons (Fsp3) is 0.438. The largest absolute Gasteiger partial charge is 0.355 e. The van der Waals surface area contributed by atoms with Crippen LogP contribution in [-0.4, -0.2) is 12.5 Å². The molecule has 1 aliphatic carbocycles. The van der Waals surface area contributed by atoms with Crippen molar-refractivity contribution in [2.24, 2.45) is 0 Å². The molecule has 0 unspecified atom stereocenters. The maximum Gasteiger partial charge on any atom is 0.231 e. The van der Waals surface area contributed by atoms with Crippen LogP contribution in [0.2, 0.25) is 0 Å². The van der Waals surface area contributed by atoms with Gasteiger partial charge in [-0.25, -0.2) is 0 Å². The van der Waals surface area contributed by atoms with Crippen molar-refractivity contribution in [2.75, 3.05) is 6.54 Å². The normalized spacial score (nSPS) is 17.2. The lowest BCUT2D eigenvalue weighted by Gasteiger charge is -2.26. The first-order chi connectivity index (χ1) is 9.81. The molecule has 0 aromatic carbocycles. The standard InChI is InChI=1S/C16H19NOS2/c18-15(17-9-5-13-6-11-19-12-13)16(7-1-2-8-16)14-4-3-10-20-14/h3-4,6,10-12H,1-2,5,7-9H2,(H,17,18). The van der Waals surface area contributed by atoms with E-state index in [-0.39, 0.29) is 11.3 Å². The summed E-state index contributed by atoms with van der Waals surface area (Å²) in [5, 5.41) is 9.48. The number of nitrogens with one attached hydrogen (secondary N) is 1. The molecule has 2 nitrogen and oxygen atoms in total. The van der Waals surface area contributed by atoms with E-state index in [1.807, 2.05) is 0 Å². The van der Waals surface area contributed by atoms with Crippen molar-refractivity contribution in [3.8, 4) is 0 Å². The van der Waals surface area contributed by atoms with E-state index < -0.39 is 0 Å². The van der Waals surface area contributed by atoms with Crippen LogP contribution in [0.4, 0.5) is 0 Å². The Hall–Kier alpha value is -1.13. The summed E-state index contributed by atoms with van der Waals surface area (Å²) in [6, 6.07) is 6.30. The SMILES string of the molecule is O=C(NCCc1ccsc1)C1(c2cccs2)CCCC1. The number of amides is 1. The number of hydrogen-bond acceptors (Lipinski definition) is 3. The summed E-state index contributed by atoms with van der Waals surface area (Å²) in [4.78, 5) is 13.9. The highest BCUT2D eigenvalue weighted by Crippen LogP contribution is 2.43. The lowest BCUT2D eigenvalue weighted by Crippen LogP contribution is -2.42. The number of carbonyl (C=O) groups is 1. The van der Waals surface area contributed by atoms with E-state index in [9.17, 15) is 4.79 Å². The van der Waals surface area contributed by atoms with Gasteiger partial charge in [-0.3, -0.25) is 4.79 Å². The predicted octanol–water partition coefficient (Wildman–Crippen LogP) is 3.98. The van der Waals surface area contributed by atoms with Gasteiger partial charge in [-0.05, 0) is 53.1 Å². The molecule has 0 atom stereocenters. The van der Waals surface area contributed by atoms with Crippen LogP contribution < -0.4 is 5.32 Å². The molecule has 1 fully saturated rings. The zero-order valence-corrected chi connectivity index (χ0v) is 13.1. The molecule has 1 N–H and O–H groups in total. The topological polar surface area (TPSA) is 29.1 Å². The van der Waals surface area contributed by atoms with Crippen LogP contribution in [0.15, 0.2) is 34.3 Å². The third kappa shape index (κ3) is 2.67. The monoisotopic (exact) mass is 305 g/mol. The van der Waals surface area contributed by atoms with Gasteiger partial charge >= 0.3 is 0 Å². The number of hydrogen-bond donors (Lipinski definition) is 1. The Labute approximate surface area is 127 Å². The summed E-state index contributed by atoms with van der Waals surface area (Å²) in [7, 11) is 0. The van der Waals surface area contributed by atoms with E-state index in [1.165, 1.54) is 10.4 Å². The average molecular weight is 305 g/mol. The van der Waals surface area contributed by atoms with Crippen molar-refractivity contribution in [1.29, 1.82) is 0 Å². The van der Waals surface area contributed by atoms with E-state index in [2.05, 4.69) is 39.7 Å². The summed E-state index contributed by atoms with van der Waals surface area (Å²) < 4.78 is 0. The van der Waals surface area contributed by atoms with E-state index in [1.54, 1.807) is 22.7 Å². The molecule has 1 saturated carbocycles. The van der Waals surface area contributed by atoms with Crippen molar-refractivity contribution < 1.29 is 4.79 Å². The summed E-state index contributed by atoms with van der Waals surface area (Å²) in [5.41, 5.74) is 1.06. The molecule has 106 valence electrons. The van der Waals surface area contributed by atoms with Crippen LogP contribution in [0.1, 0.15) is 36.1 Å². The van der Waals surface area contributed by atoms with Crippen LogP contribution in [0.3, 0.4) is 0 Å². The molecule has 2 aromatic heterocycles. The zero-order valence-electron chi connectivity index (χ0n) is 11.4. The summed E-state index contributed by atoms with van der Waals surface area (Å²) >= 11 is 3.43. The molecule has 0 aliphatic heterocycles. The molecule has 0 radical (unpaired) electrons. The quantitative estimate of drug-likeness (QED) is 0.889. The maximum atomic E-state index is 12.7. The molecule has 3 rings (SSSR count). The summed E-state index contributed by atoms with van der Waals surface area (Å²) in [6.45, 7) is 0.739. The van der Waals surface area contributed by atoms with Crippen LogP contribution in [0, 0.1) is 0 Å². The first kappa shape index (κ1) is 13.8. The van der Waals surface area contributed by atoms with Crippen LogP contribution in [0.25, 0.3) is 0 Å². The van der Waals surface area contributed by atoms with Gasteiger partial charge in [-0.2, -0.15) is 11.3 Å². The Bertz CT molecular complexity index is 539. The molecule has 0 spiro atoms. The molecular weight excluding hydrogens is 286 g/mol. The average Bonchev–Trinajstić information content (AvgIpc) is 3.20. The number of rotatable bonds is 5. The van der Waals surface area contributed by atoms with Crippen molar-refractivity contribution in [3.63, 3.8) is 0 Å². The lowest BCUT2D eigenvalue weighted by atomic mass is 9.83. The van der Waals surface area contributed by atoms with Gasteiger partial charge in [0.2, 0.25) is 5.91 Å². The molecule has 20 heavy (non-hydrogen) atoms. The Balaban J connectivity index is 1.64. The van der Waals surface area contributed by atoms with Gasteiger partial charge in [-0.15, -0.1) is 11.3 Å². The highest BCUT2D eigenvalue weighted by Gasteiger charge is 2.43. The zero-order chi connectivity index (χ0) is 13.8. The smallest absolute Gasteiger partial charge is 0.231 e. The molecule has 2 aromatic rings. The van der Waals surface area contributed by atoms with Gasteiger partial charge in [0.05, 0.1) is 5.41 Å². The first-order valence-electron chi connectivity index (χ1n) is 7.15. The third-order valence-corrected chi connectivity index (χ3v) is 5.97. The van der Waals surface area contributed by atoms with Crippen LogP contribution in [0.5, 0.6) is 0 Å². The molecule has 0 bridgehead atoms. The van der Waals surface area contributed by atoms with Gasteiger partial charge in [0.15, 0.2) is 0 Å². The minimum Gasteiger partial charge on any atom is -0.355 e. The Morgan fingerprint density at radius 1 is 1.25 bits per heavy atom. The molecule has 1 amide bonds. The fourth-order valence-electron chi connectivity index (χ4n) is 3.04. The van der Waals surface area contributed by atoms with E-state index in [0.717, 1.165) is 38.6 Å². The minimum atomic E-state index is -0.247. The van der Waals surface area contributed by atoms with Gasteiger partial charge in [0.25, 0.3) is 0 Å². The van der Waals surface area contributed by atoms with Gasteiger partial charge in [0, 0.05) is 11.4 Å². The van der Waals surface area contributed by atoms with Crippen LogP contribution >= 0.6 is 22.7 Å². The third-order valence-electron chi connectivity index (χ3n) is 4.16. The van der Waals surface area contributed by atoms with E-state index in [4.69, 9.17) is 0 Å². The highest BCUT2D eigenvalue weighted by atomic mass is 32.1. The Morgan fingerprint density at radius 2 is 2.10 bits per heavy atom. The molecular formula is C16H19NOS2. The second-order valence-electron chi connectivity index (χ2n) is 5.40. The Kier molecular flexibility index (Phi) is 4.22. The Morgan fingerprint density at radius 3 is 2.75 bits per heavy atom. The van der Waals surface area contributed by atoms with Gasteiger partial charge in [-0.1, -0.05) is 18.9 Å². The number of thiophene rings is 2. The molecule has 2 heterocycles. The maximum absolute atomic E-state index is 12.7. The lowest BCUT2D eigenvalue weighted by molar-refractivity contribution is -0.126. The van der Waals surface area contributed by atoms with Crippen molar-refractivity contribution in [1.82, 2.24) is 5.32 Å². The number of carbonyl (C=O) groups excluding carboxylic acids is 1. The molecule has 4 heteroatoms. The van der Waals surface area contributed by atoms with Gasteiger partial charge < -0.3 is 5.32 Å². The summed E-state index contributed by atoms with van der Waals surface area (Å²) in [5.74, 6) is 0.229. The van der Waals surface area contributed by atoms with Crippen molar-refractivity contribution in [3.05, 3.63) is 44.8 Å². The molecule has 1 aliphatic rings. The second-order valence-corrected chi connectivity index (χ2v) is 7.13. The van der Waals surface area contributed by atoms with Crippen LogP contribution in [-0.2, 0) is 16.6 Å². The van der Waals surface area contributed by atoms with E-state index in [0.29, 0.717) is 0 Å². The van der Waals surface area contributed by atoms with Crippen molar-refractivity contribution in [2.45, 2.75) is 37.5 Å². The summed E-state index contributed by atoms with van der Waals surface area (Å²) in [6.07, 6.45) is 5.25. The van der Waals surface area contributed by atoms with Crippen molar-refractivity contribution >= 4 is 28.6 Å². The predicted molar refractivity (Wildman–Crippen MR) is 85.5 cm³/mol. The fourth-order valence-corrected chi connectivity index (χ4v) is 4.73. The second kappa shape index (κ2) is 6.10. The molecule has 0 saturated heterocycles. The first-order valence-corrected chi connectivity index (χ1v) is 8.97. The van der Waals surface area contributed by atoms with E-state index >= 15 is 0 Å².